The fraction of sp³-hybridized carbons (Fsp3) is 0.0667. The Balaban J connectivity index is 1.66. The molecule has 4 nitrogen and oxygen atoms in total. The summed E-state index contributed by atoms with van der Waals surface area (Å²) in [7, 11) is 0. The van der Waals surface area contributed by atoms with E-state index in [1.54, 1.807) is 35.6 Å². The van der Waals surface area contributed by atoms with E-state index in [-0.39, 0.29) is 5.91 Å². The molecule has 1 N–H and O–H groups in total. The first-order valence-electron chi connectivity index (χ1n) is 6.26. The molecule has 0 aliphatic rings. The first kappa shape index (κ1) is 13.9. The highest BCUT2D eigenvalue weighted by Crippen LogP contribution is 2.25. The van der Waals surface area contributed by atoms with Crippen molar-refractivity contribution in [2.45, 2.75) is 6.54 Å². The molecule has 6 heteroatoms. The summed E-state index contributed by atoms with van der Waals surface area (Å²) in [4.78, 5) is 13.0. The third kappa shape index (κ3) is 3.15. The summed E-state index contributed by atoms with van der Waals surface area (Å²) in [5, 5.41) is 9.11. The third-order valence-electron chi connectivity index (χ3n) is 2.87. The maximum absolute atomic E-state index is 12.0. The highest BCUT2D eigenvalue weighted by Gasteiger charge is 2.11. The molecule has 0 aliphatic heterocycles. The monoisotopic (exact) mass is 318 g/mol. The molecule has 1 amide bonds. The summed E-state index contributed by atoms with van der Waals surface area (Å²) in [6, 6.07) is 12.6. The molecular weight excluding hydrogens is 308 g/mol. The van der Waals surface area contributed by atoms with Crippen molar-refractivity contribution in [1.29, 1.82) is 0 Å². The lowest BCUT2D eigenvalue weighted by Crippen LogP contribution is -2.23. The van der Waals surface area contributed by atoms with Gasteiger partial charge in [-0.3, -0.25) is 4.79 Å². The quantitative estimate of drug-likeness (QED) is 0.791. The Bertz CT molecular complexity index is 753. The lowest BCUT2D eigenvalue weighted by atomic mass is 10.2. The van der Waals surface area contributed by atoms with E-state index in [1.165, 1.54) is 0 Å². The van der Waals surface area contributed by atoms with E-state index >= 15 is 0 Å². The van der Waals surface area contributed by atoms with Gasteiger partial charge in [0.15, 0.2) is 5.76 Å². The number of hydrogen-bond donors (Lipinski definition) is 1. The molecule has 0 aliphatic carbocycles. The zero-order chi connectivity index (χ0) is 14.7. The van der Waals surface area contributed by atoms with Crippen LogP contribution in [0.5, 0.6) is 0 Å². The predicted octanol–water partition coefficient (Wildman–Crippen LogP) is 3.99. The topological polar surface area (TPSA) is 55.1 Å². The first-order chi connectivity index (χ1) is 10.2. The molecular formula is C15H11ClN2O2S. The molecule has 0 fully saturated rings. The van der Waals surface area contributed by atoms with Crippen molar-refractivity contribution in [1.82, 2.24) is 10.5 Å². The molecule has 0 saturated carbocycles. The number of hydrogen-bond acceptors (Lipinski definition) is 4. The van der Waals surface area contributed by atoms with E-state index < -0.39 is 0 Å². The molecule has 106 valence electrons. The van der Waals surface area contributed by atoms with Gasteiger partial charge in [-0.05, 0) is 23.6 Å². The second-order valence-electron chi connectivity index (χ2n) is 4.32. The molecule has 0 bridgehead atoms. The van der Waals surface area contributed by atoms with Crippen molar-refractivity contribution in [3.8, 4) is 10.6 Å². The zero-order valence-corrected chi connectivity index (χ0v) is 12.4. The van der Waals surface area contributed by atoms with Crippen LogP contribution in [0.15, 0.2) is 52.4 Å². The van der Waals surface area contributed by atoms with E-state index in [1.807, 2.05) is 23.6 Å². The number of nitrogens with zero attached hydrogens (tertiary/aromatic N) is 1. The van der Waals surface area contributed by atoms with Gasteiger partial charge in [0.25, 0.3) is 5.91 Å². The molecule has 2 aromatic heterocycles. The predicted molar refractivity (Wildman–Crippen MR) is 82.4 cm³/mol. The number of carbonyl (C=O) groups excluding carboxylic acids is 1. The Morgan fingerprint density at radius 2 is 2.14 bits per heavy atom. The maximum Gasteiger partial charge on any atom is 0.253 e. The van der Waals surface area contributed by atoms with Gasteiger partial charge in [0, 0.05) is 6.07 Å². The van der Waals surface area contributed by atoms with E-state index in [9.17, 15) is 4.79 Å². The average molecular weight is 319 g/mol. The van der Waals surface area contributed by atoms with Gasteiger partial charge in [-0.15, -0.1) is 11.3 Å². The van der Waals surface area contributed by atoms with Gasteiger partial charge in [-0.1, -0.05) is 35.0 Å². The Hall–Kier alpha value is -2.11. The normalized spacial score (nSPS) is 10.5. The summed E-state index contributed by atoms with van der Waals surface area (Å²) < 4.78 is 5.25. The van der Waals surface area contributed by atoms with Crippen molar-refractivity contribution in [2.24, 2.45) is 0 Å². The number of rotatable bonds is 4. The number of nitrogens with one attached hydrogen (secondary N) is 1. The molecule has 1 aromatic carbocycles. The second-order valence-corrected chi connectivity index (χ2v) is 5.68. The SMILES string of the molecule is O=C(NCc1cc(-c2cccs2)on1)c1ccccc1Cl. The van der Waals surface area contributed by atoms with E-state index in [0.717, 1.165) is 4.88 Å². The molecule has 0 radical (unpaired) electrons. The number of amides is 1. The van der Waals surface area contributed by atoms with Crippen molar-refractivity contribution >= 4 is 28.8 Å². The van der Waals surface area contributed by atoms with Crippen LogP contribution in [-0.4, -0.2) is 11.1 Å². The molecule has 0 unspecified atom stereocenters. The second kappa shape index (κ2) is 6.11. The number of carbonyl (C=O) groups is 1. The number of halogens is 1. The highest BCUT2D eigenvalue weighted by molar-refractivity contribution is 7.13. The van der Waals surface area contributed by atoms with Crippen LogP contribution in [0.1, 0.15) is 16.1 Å². The largest absolute Gasteiger partial charge is 0.355 e. The summed E-state index contributed by atoms with van der Waals surface area (Å²) in [6.07, 6.45) is 0. The van der Waals surface area contributed by atoms with Crippen LogP contribution in [0.4, 0.5) is 0 Å². The summed E-state index contributed by atoms with van der Waals surface area (Å²) >= 11 is 7.55. The molecule has 21 heavy (non-hydrogen) atoms. The van der Waals surface area contributed by atoms with Crippen LogP contribution in [-0.2, 0) is 6.54 Å². The minimum atomic E-state index is -0.235. The standard InChI is InChI=1S/C15H11ClN2O2S/c16-12-5-2-1-4-11(12)15(19)17-9-10-8-13(20-18-10)14-6-3-7-21-14/h1-8H,9H2,(H,17,19). The zero-order valence-electron chi connectivity index (χ0n) is 10.9. The van der Waals surface area contributed by atoms with Gasteiger partial charge in [-0.2, -0.15) is 0 Å². The Labute approximate surface area is 130 Å². The van der Waals surface area contributed by atoms with Gasteiger partial charge >= 0.3 is 0 Å². The lowest BCUT2D eigenvalue weighted by Gasteiger charge is -2.04. The third-order valence-corrected chi connectivity index (χ3v) is 4.09. The van der Waals surface area contributed by atoms with Gasteiger partial charge in [0.2, 0.25) is 0 Å². The highest BCUT2D eigenvalue weighted by atomic mass is 35.5. The molecule has 3 aromatic rings. The van der Waals surface area contributed by atoms with Crippen LogP contribution in [0.2, 0.25) is 5.02 Å². The molecule has 0 spiro atoms. The Kier molecular flexibility index (Phi) is 4.03. The minimum Gasteiger partial charge on any atom is -0.355 e. The fourth-order valence-corrected chi connectivity index (χ4v) is 2.74. The van der Waals surface area contributed by atoms with Crippen molar-refractivity contribution < 1.29 is 9.32 Å². The maximum atomic E-state index is 12.0. The number of thiophene rings is 1. The van der Waals surface area contributed by atoms with Gasteiger partial charge in [0.1, 0.15) is 5.69 Å². The Morgan fingerprint density at radius 1 is 1.29 bits per heavy atom. The van der Waals surface area contributed by atoms with E-state index in [2.05, 4.69) is 10.5 Å². The van der Waals surface area contributed by atoms with Gasteiger partial charge < -0.3 is 9.84 Å². The number of aromatic nitrogens is 1. The molecule has 0 atom stereocenters. The minimum absolute atomic E-state index is 0.235. The molecule has 3 rings (SSSR count). The number of benzene rings is 1. The fourth-order valence-electron chi connectivity index (χ4n) is 1.84. The molecule has 0 saturated heterocycles. The van der Waals surface area contributed by atoms with Crippen LogP contribution in [0.25, 0.3) is 10.6 Å². The summed E-state index contributed by atoms with van der Waals surface area (Å²) in [5.74, 6) is 0.466. The molecule has 2 heterocycles. The first-order valence-corrected chi connectivity index (χ1v) is 7.52. The van der Waals surface area contributed by atoms with Crippen LogP contribution >= 0.6 is 22.9 Å². The summed E-state index contributed by atoms with van der Waals surface area (Å²) in [5.41, 5.74) is 1.11. The lowest BCUT2D eigenvalue weighted by molar-refractivity contribution is 0.0950. The van der Waals surface area contributed by atoms with E-state index in [0.29, 0.717) is 28.6 Å². The van der Waals surface area contributed by atoms with Crippen molar-refractivity contribution in [2.75, 3.05) is 0 Å². The van der Waals surface area contributed by atoms with Crippen molar-refractivity contribution in [3.63, 3.8) is 0 Å². The Morgan fingerprint density at radius 3 is 2.90 bits per heavy atom. The summed E-state index contributed by atoms with van der Waals surface area (Å²) in [6.45, 7) is 0.291. The average Bonchev–Trinajstić information content (AvgIpc) is 3.16. The van der Waals surface area contributed by atoms with Crippen LogP contribution < -0.4 is 5.32 Å². The van der Waals surface area contributed by atoms with E-state index in [4.69, 9.17) is 16.1 Å². The van der Waals surface area contributed by atoms with Crippen molar-refractivity contribution in [3.05, 3.63) is 64.1 Å². The van der Waals surface area contributed by atoms with Gasteiger partial charge in [-0.25, -0.2) is 0 Å². The van der Waals surface area contributed by atoms with Crippen LogP contribution in [0, 0.1) is 0 Å². The smallest absolute Gasteiger partial charge is 0.253 e. The van der Waals surface area contributed by atoms with Gasteiger partial charge in [0.05, 0.1) is 22.0 Å². The van der Waals surface area contributed by atoms with Crippen LogP contribution in [0.3, 0.4) is 0 Å².